The average molecular weight is 490 g/mol. The molecule has 3 aromatic rings. The topological polar surface area (TPSA) is 116 Å². The van der Waals surface area contributed by atoms with Crippen LogP contribution in [-0.2, 0) is 11.3 Å². The number of hydrogen-bond donors (Lipinski definition) is 2. The van der Waals surface area contributed by atoms with Gasteiger partial charge in [-0.1, -0.05) is 11.6 Å². The molecule has 2 aromatic heterocycles. The summed E-state index contributed by atoms with van der Waals surface area (Å²) in [6.45, 7) is 3.71. The van der Waals surface area contributed by atoms with Crippen LogP contribution in [0.15, 0.2) is 34.4 Å². The van der Waals surface area contributed by atoms with Gasteiger partial charge >= 0.3 is 0 Å². The molecule has 2 aliphatic rings. The van der Waals surface area contributed by atoms with E-state index in [9.17, 15) is 9.90 Å². The molecule has 11 heteroatoms. The molecule has 3 N–H and O–H groups in total. The van der Waals surface area contributed by atoms with E-state index < -0.39 is 6.10 Å². The van der Waals surface area contributed by atoms with E-state index in [1.54, 1.807) is 17.2 Å². The van der Waals surface area contributed by atoms with Crippen LogP contribution in [0.1, 0.15) is 19.8 Å². The molecule has 5 rings (SSSR count). The number of nitrogen functional groups attached to an aromatic ring is 1. The van der Waals surface area contributed by atoms with Crippen molar-refractivity contribution in [2.75, 3.05) is 25.6 Å². The van der Waals surface area contributed by atoms with E-state index >= 15 is 0 Å². The molecule has 1 unspecified atom stereocenters. The second-order valence-corrected chi connectivity index (χ2v) is 9.67. The van der Waals surface area contributed by atoms with Gasteiger partial charge in [0.05, 0.1) is 10.5 Å². The van der Waals surface area contributed by atoms with Gasteiger partial charge in [-0.2, -0.15) is 0 Å². The lowest BCUT2D eigenvalue weighted by atomic mass is 10.1. The smallest absolute Gasteiger partial charge is 0.251 e. The number of carbonyl (C=O) groups is 1. The van der Waals surface area contributed by atoms with Crippen molar-refractivity contribution < 1.29 is 19.4 Å². The van der Waals surface area contributed by atoms with Gasteiger partial charge < -0.3 is 29.8 Å². The highest BCUT2D eigenvalue weighted by Gasteiger charge is 2.28. The minimum atomic E-state index is -0.966. The Morgan fingerprint density at radius 1 is 1.39 bits per heavy atom. The van der Waals surface area contributed by atoms with E-state index in [2.05, 4.69) is 9.55 Å². The third kappa shape index (κ3) is 4.30. The van der Waals surface area contributed by atoms with Crippen LogP contribution >= 0.6 is 23.4 Å². The number of aromatic nitrogens is 3. The zero-order valence-electron chi connectivity index (χ0n) is 18.0. The summed E-state index contributed by atoms with van der Waals surface area (Å²) in [6, 6.07) is 5.51. The number of imidazole rings is 1. The van der Waals surface area contributed by atoms with Crippen LogP contribution in [0.3, 0.4) is 0 Å². The number of pyridine rings is 1. The van der Waals surface area contributed by atoms with Gasteiger partial charge in [-0.05, 0) is 49.6 Å². The van der Waals surface area contributed by atoms with Crippen LogP contribution in [0, 0.1) is 5.92 Å². The highest BCUT2D eigenvalue weighted by molar-refractivity contribution is 7.99. The normalized spacial score (nSPS) is 18.3. The highest BCUT2D eigenvalue weighted by atomic mass is 35.5. The Hall–Kier alpha value is -2.69. The van der Waals surface area contributed by atoms with Gasteiger partial charge in [0.1, 0.15) is 11.6 Å². The first-order valence-electron chi connectivity index (χ1n) is 10.7. The Bertz CT molecular complexity index is 1220. The Balaban J connectivity index is 1.40. The third-order valence-electron chi connectivity index (χ3n) is 6.00. The molecule has 174 valence electrons. The van der Waals surface area contributed by atoms with E-state index in [4.69, 9.17) is 31.8 Å². The predicted molar refractivity (Wildman–Crippen MR) is 125 cm³/mol. The minimum absolute atomic E-state index is 0.177. The number of fused-ring (bicyclic) bond motifs is 2. The number of aliphatic hydroxyl groups is 1. The van der Waals surface area contributed by atoms with E-state index in [0.29, 0.717) is 53.4 Å². The fourth-order valence-electron chi connectivity index (χ4n) is 4.26. The summed E-state index contributed by atoms with van der Waals surface area (Å²) in [4.78, 5) is 23.6. The number of rotatable bonds is 6. The first-order chi connectivity index (χ1) is 15.9. The van der Waals surface area contributed by atoms with Gasteiger partial charge in [0.2, 0.25) is 6.79 Å². The number of aliphatic hydroxyl groups excluding tert-OH is 1. The molecule has 1 saturated heterocycles. The van der Waals surface area contributed by atoms with E-state index in [0.717, 1.165) is 28.4 Å². The number of anilines is 1. The summed E-state index contributed by atoms with van der Waals surface area (Å²) < 4.78 is 13.0. The lowest BCUT2D eigenvalue weighted by molar-refractivity contribution is -0.138. The summed E-state index contributed by atoms with van der Waals surface area (Å²) in [5.74, 6) is 1.79. The zero-order chi connectivity index (χ0) is 23.1. The van der Waals surface area contributed by atoms with Crippen LogP contribution < -0.4 is 15.2 Å². The first-order valence-corrected chi connectivity index (χ1v) is 11.9. The Labute approximate surface area is 199 Å². The summed E-state index contributed by atoms with van der Waals surface area (Å²) in [5.41, 5.74) is 7.65. The largest absolute Gasteiger partial charge is 0.454 e. The van der Waals surface area contributed by atoms with Crippen LogP contribution in [0.2, 0.25) is 5.02 Å². The molecule has 0 radical (unpaired) electrons. The summed E-state index contributed by atoms with van der Waals surface area (Å²) in [5, 5.41) is 10.9. The van der Waals surface area contributed by atoms with Crippen molar-refractivity contribution in [1.29, 1.82) is 0 Å². The second-order valence-electron chi connectivity index (χ2n) is 8.25. The lowest BCUT2D eigenvalue weighted by Crippen LogP contribution is -2.36. The van der Waals surface area contributed by atoms with Crippen molar-refractivity contribution in [3.05, 3.63) is 29.4 Å². The van der Waals surface area contributed by atoms with E-state index in [-0.39, 0.29) is 12.7 Å². The molecule has 1 fully saturated rings. The average Bonchev–Trinajstić information content (AvgIpc) is 3.51. The lowest BCUT2D eigenvalue weighted by Gasteiger charge is -2.18. The summed E-state index contributed by atoms with van der Waals surface area (Å²) >= 11 is 7.94. The monoisotopic (exact) mass is 489 g/mol. The number of hydrogen-bond acceptors (Lipinski definition) is 8. The van der Waals surface area contributed by atoms with Crippen LogP contribution in [0.4, 0.5) is 5.82 Å². The first kappa shape index (κ1) is 22.1. The zero-order valence-corrected chi connectivity index (χ0v) is 19.6. The molecule has 1 amide bonds. The number of aryl methyl sites for hydroxylation is 1. The number of nitrogens with two attached hydrogens (primary N) is 1. The van der Waals surface area contributed by atoms with E-state index in [1.165, 1.54) is 18.7 Å². The number of ether oxygens (including phenoxy) is 2. The van der Waals surface area contributed by atoms with Gasteiger partial charge in [0, 0.05) is 36.8 Å². The van der Waals surface area contributed by atoms with Gasteiger partial charge in [-0.15, -0.1) is 0 Å². The maximum absolute atomic E-state index is 12.1. The number of halogens is 1. The number of likely N-dealkylation sites (tertiary alicyclic amines) is 1. The second kappa shape index (κ2) is 8.92. The molecule has 0 aliphatic carbocycles. The maximum atomic E-state index is 12.1. The molecular weight excluding hydrogens is 466 g/mol. The number of nitrogens with zero attached hydrogens (tertiary/aromatic N) is 4. The number of benzene rings is 1. The minimum Gasteiger partial charge on any atom is -0.454 e. The van der Waals surface area contributed by atoms with Gasteiger partial charge in [0.25, 0.3) is 5.91 Å². The molecule has 4 heterocycles. The van der Waals surface area contributed by atoms with Gasteiger partial charge in [-0.25, -0.2) is 9.97 Å². The standard InChI is InChI=1S/C22H24ClN5O4S/c1-12(29)21(30)27-6-3-13(10-27)4-7-28-15-2-5-25-20(24)19(15)26-22(28)33-18-9-17-16(8-14(18)23)31-11-32-17/h2,5,8-9,12-13,29H,3-4,6-7,10-11H2,1H3,(H2,24,25)/t12-,13?/m1/s1. The SMILES string of the molecule is C[C@@H](O)C(=O)N1CCC(CCn2c(Sc3cc4c(cc3Cl)OCO4)nc3c(N)nccc32)C1. The Morgan fingerprint density at radius 3 is 2.97 bits per heavy atom. The molecule has 0 spiro atoms. The Morgan fingerprint density at radius 2 is 2.18 bits per heavy atom. The molecule has 2 aliphatic heterocycles. The molecule has 9 nitrogen and oxygen atoms in total. The van der Waals surface area contributed by atoms with Crippen LogP contribution in [0.5, 0.6) is 11.5 Å². The maximum Gasteiger partial charge on any atom is 0.251 e. The molecule has 0 bridgehead atoms. The van der Waals surface area contributed by atoms with Crippen molar-refractivity contribution in [2.45, 2.75) is 42.5 Å². The summed E-state index contributed by atoms with van der Waals surface area (Å²) in [7, 11) is 0. The Kier molecular flexibility index (Phi) is 5.98. The molecular formula is C22H24ClN5O4S. The summed E-state index contributed by atoms with van der Waals surface area (Å²) in [6.07, 6.45) is 2.48. The van der Waals surface area contributed by atoms with Crippen molar-refractivity contribution in [2.24, 2.45) is 5.92 Å². The van der Waals surface area contributed by atoms with Gasteiger partial charge in [0.15, 0.2) is 22.5 Å². The van der Waals surface area contributed by atoms with Crippen molar-refractivity contribution >= 4 is 46.1 Å². The number of carbonyl (C=O) groups excluding carboxylic acids is 1. The van der Waals surface area contributed by atoms with Crippen LogP contribution in [-0.4, -0.2) is 56.4 Å². The van der Waals surface area contributed by atoms with Crippen molar-refractivity contribution in [3.63, 3.8) is 0 Å². The van der Waals surface area contributed by atoms with Crippen LogP contribution in [0.25, 0.3) is 11.0 Å². The molecule has 33 heavy (non-hydrogen) atoms. The quantitative estimate of drug-likeness (QED) is 0.542. The fraction of sp³-hybridized carbons (Fsp3) is 0.409. The van der Waals surface area contributed by atoms with Crippen molar-refractivity contribution in [1.82, 2.24) is 19.4 Å². The third-order valence-corrected chi connectivity index (χ3v) is 7.48. The molecule has 0 saturated carbocycles. The highest BCUT2D eigenvalue weighted by Crippen LogP contribution is 2.43. The van der Waals surface area contributed by atoms with Crippen molar-refractivity contribution in [3.8, 4) is 11.5 Å². The fourth-order valence-corrected chi connectivity index (χ4v) is 5.49. The predicted octanol–water partition coefficient (Wildman–Crippen LogP) is 3.17. The number of amides is 1. The molecule has 1 aromatic carbocycles. The van der Waals surface area contributed by atoms with Gasteiger partial charge in [-0.3, -0.25) is 4.79 Å². The molecule has 2 atom stereocenters. The van der Waals surface area contributed by atoms with E-state index in [1.807, 2.05) is 12.1 Å².